The van der Waals surface area contributed by atoms with E-state index in [9.17, 15) is 0 Å². The van der Waals surface area contributed by atoms with Gasteiger partial charge in [-0.05, 0) is 146 Å². The van der Waals surface area contributed by atoms with Crippen molar-refractivity contribution >= 4 is 82.4 Å². The topological polar surface area (TPSA) is 21.3 Å². The molecule has 0 unspecified atom stereocenters. The normalized spacial score (nSPS) is 14.4. The van der Waals surface area contributed by atoms with Crippen LogP contribution in [0, 0.1) is 0 Å². The van der Waals surface area contributed by atoms with Gasteiger partial charge in [-0.3, -0.25) is 0 Å². The Balaban J connectivity index is 0.995. The molecule has 1 aliphatic carbocycles. The molecule has 0 atom stereocenters. The molecule has 12 rings (SSSR count). The van der Waals surface area contributed by atoms with Crippen LogP contribution < -0.4 is 4.90 Å². The Morgan fingerprint density at radius 3 is 1.70 bits per heavy atom. The molecule has 0 bridgehead atoms. The number of rotatable bonds is 4. The van der Waals surface area contributed by atoms with Gasteiger partial charge in [-0.1, -0.05) is 99.5 Å². The average molecular weight is 739 g/mol. The van der Waals surface area contributed by atoms with E-state index >= 15 is 0 Å². The molecule has 11 aromatic rings. The van der Waals surface area contributed by atoms with Crippen LogP contribution in [-0.2, 0) is 5.41 Å². The summed E-state index contributed by atoms with van der Waals surface area (Å²) in [5.74, 6) is 0. The zero-order valence-electron chi connectivity index (χ0n) is 39.4. The maximum absolute atomic E-state index is 8.97. The summed E-state index contributed by atoms with van der Waals surface area (Å²) in [6.07, 6.45) is 0. The Morgan fingerprint density at radius 1 is 0.474 bits per heavy atom. The van der Waals surface area contributed by atoms with E-state index in [-0.39, 0.29) is 51.4 Å². The van der Waals surface area contributed by atoms with Gasteiger partial charge in [0.15, 0.2) is 0 Å². The highest BCUT2D eigenvalue weighted by Gasteiger charge is 2.25. The van der Waals surface area contributed by atoms with Crippen molar-refractivity contribution in [3.63, 3.8) is 0 Å². The fraction of sp³-hybridized carbons (Fsp3) is 0.0741. The van der Waals surface area contributed by atoms with Gasteiger partial charge in [0.2, 0.25) is 0 Å². The third-order valence-corrected chi connectivity index (χ3v) is 11.7. The van der Waals surface area contributed by atoms with Crippen LogP contribution in [0.3, 0.4) is 0 Å². The first-order chi connectivity index (χ1) is 31.2. The Bertz CT molecular complexity index is 3840. The van der Waals surface area contributed by atoms with Crippen LogP contribution in [0.2, 0.25) is 0 Å². The van der Waals surface area contributed by atoms with E-state index in [1.54, 1.807) is 4.57 Å². The van der Waals surface area contributed by atoms with Gasteiger partial charge in [0.05, 0.1) is 22.0 Å². The summed E-state index contributed by atoms with van der Waals surface area (Å²) in [5.41, 5.74) is 11.1. The number of anilines is 3. The quantitative estimate of drug-likeness (QED) is 0.179. The van der Waals surface area contributed by atoms with Crippen molar-refractivity contribution in [1.29, 1.82) is 0 Å². The molecule has 3 nitrogen and oxygen atoms in total. The van der Waals surface area contributed by atoms with E-state index in [4.69, 9.17) is 15.4 Å². The van der Waals surface area contributed by atoms with Crippen molar-refractivity contribution in [2.45, 2.75) is 26.2 Å². The van der Waals surface area contributed by atoms with Gasteiger partial charge in [0.25, 0.3) is 0 Å². The smallest absolute Gasteiger partial charge is 0.137 e. The number of hydrogen-bond acceptors (Lipinski definition) is 2. The molecule has 0 fully saturated rings. The number of nitrogens with zero attached hydrogens (tertiary/aromatic N) is 2. The molecule has 3 heteroatoms. The first-order valence-electron chi connectivity index (χ1n) is 23.2. The van der Waals surface area contributed by atoms with E-state index in [0.717, 1.165) is 82.8 Å². The van der Waals surface area contributed by atoms with Gasteiger partial charge in [-0.15, -0.1) is 0 Å². The van der Waals surface area contributed by atoms with E-state index in [1.807, 2.05) is 36.4 Å². The summed E-state index contributed by atoms with van der Waals surface area (Å²) in [5, 5.41) is 6.31. The molecule has 9 aromatic carbocycles. The lowest BCUT2D eigenvalue weighted by atomic mass is 9.78. The van der Waals surface area contributed by atoms with E-state index in [2.05, 4.69) is 117 Å². The molecule has 0 saturated heterocycles. The van der Waals surface area contributed by atoms with Crippen molar-refractivity contribution < 1.29 is 15.4 Å². The largest absolute Gasteiger partial charge is 0.456 e. The molecular formula is C54H38N2O. The highest BCUT2D eigenvalue weighted by Crippen LogP contribution is 2.51. The summed E-state index contributed by atoms with van der Waals surface area (Å²) >= 11 is 0. The third kappa shape index (κ3) is 4.85. The minimum Gasteiger partial charge on any atom is -0.456 e. The lowest BCUT2D eigenvalue weighted by Crippen LogP contribution is -2.13. The molecule has 57 heavy (non-hydrogen) atoms. The third-order valence-electron chi connectivity index (χ3n) is 11.7. The molecular weight excluding hydrogens is 693 g/mol. The second-order valence-electron chi connectivity index (χ2n) is 16.1. The van der Waals surface area contributed by atoms with Gasteiger partial charge in [0.1, 0.15) is 11.2 Å². The number of furan rings is 1. The number of fused-ring (bicyclic) bond motifs is 12. The maximum Gasteiger partial charge on any atom is 0.137 e. The van der Waals surface area contributed by atoms with Crippen LogP contribution in [0.4, 0.5) is 17.1 Å². The van der Waals surface area contributed by atoms with Gasteiger partial charge in [0, 0.05) is 50.4 Å². The number of benzene rings is 9. The van der Waals surface area contributed by atoms with Crippen LogP contribution in [0.15, 0.2) is 180 Å². The number of aromatic nitrogens is 1. The van der Waals surface area contributed by atoms with E-state index < -0.39 is 24.2 Å². The van der Waals surface area contributed by atoms with Crippen LogP contribution in [-0.4, -0.2) is 4.57 Å². The van der Waals surface area contributed by atoms with Gasteiger partial charge >= 0.3 is 0 Å². The maximum atomic E-state index is 8.97. The molecule has 0 aliphatic heterocycles. The summed E-state index contributed by atoms with van der Waals surface area (Å²) in [6, 6.07) is 41.3. The van der Waals surface area contributed by atoms with Gasteiger partial charge < -0.3 is 13.9 Å². The predicted octanol–water partition coefficient (Wildman–Crippen LogP) is 15.4. The molecule has 2 aromatic heterocycles. The predicted molar refractivity (Wildman–Crippen MR) is 241 cm³/mol. The number of para-hydroxylation sites is 3. The zero-order chi connectivity index (χ0) is 45.0. The number of hydrogen-bond donors (Lipinski definition) is 0. The first kappa shape index (κ1) is 25.1. The monoisotopic (exact) mass is 738 g/mol. The molecule has 0 N–H and O–H groups in total. The highest BCUT2D eigenvalue weighted by atomic mass is 16.3. The second kappa shape index (κ2) is 11.7. The SMILES string of the molecule is [2H]c1c([2H])c([2H])c2c(c1[2H])c1c([2H])c([2H])c([2H])c([2H])c1n2-c1ccc2cc3c(cc2c1)-c1cc2cc(N(c4ccc(C(C)(C)C)cc4)c4ccc5c(c4)oc4ccccc45)ccc2cc1-3. The van der Waals surface area contributed by atoms with Gasteiger partial charge in [-0.2, -0.15) is 0 Å². The lowest BCUT2D eigenvalue weighted by Gasteiger charge is -2.28. The summed E-state index contributed by atoms with van der Waals surface area (Å²) in [7, 11) is 0. The van der Waals surface area contributed by atoms with Crippen molar-refractivity contribution in [2.75, 3.05) is 4.90 Å². The second-order valence-corrected chi connectivity index (χ2v) is 16.1. The minimum absolute atomic E-state index is 0.00349. The van der Waals surface area contributed by atoms with Crippen LogP contribution in [0.25, 0.3) is 93.2 Å². The van der Waals surface area contributed by atoms with Crippen molar-refractivity contribution in [2.24, 2.45) is 0 Å². The van der Waals surface area contributed by atoms with E-state index in [0.29, 0.717) is 5.69 Å². The molecule has 1 aliphatic rings. The van der Waals surface area contributed by atoms with Crippen LogP contribution in [0.5, 0.6) is 0 Å². The van der Waals surface area contributed by atoms with Crippen LogP contribution >= 0.6 is 0 Å². The highest BCUT2D eigenvalue weighted by molar-refractivity contribution is 6.13. The van der Waals surface area contributed by atoms with Crippen molar-refractivity contribution in [1.82, 2.24) is 4.57 Å². The van der Waals surface area contributed by atoms with Gasteiger partial charge in [-0.25, -0.2) is 0 Å². The lowest BCUT2D eigenvalue weighted by molar-refractivity contribution is 0.590. The fourth-order valence-corrected chi connectivity index (χ4v) is 8.77. The first-order valence-corrected chi connectivity index (χ1v) is 19.2. The summed E-state index contributed by atoms with van der Waals surface area (Å²) < 4.78 is 77.4. The minimum atomic E-state index is -0.461. The molecule has 2 heterocycles. The van der Waals surface area contributed by atoms with Crippen molar-refractivity contribution in [3.8, 4) is 27.9 Å². The molecule has 270 valence electrons. The molecule has 0 saturated carbocycles. The van der Waals surface area contributed by atoms with Crippen molar-refractivity contribution in [3.05, 3.63) is 181 Å². The summed E-state index contributed by atoms with van der Waals surface area (Å²) in [4.78, 5) is 2.27. The van der Waals surface area contributed by atoms with Crippen LogP contribution in [0.1, 0.15) is 37.3 Å². The fourth-order valence-electron chi connectivity index (χ4n) is 8.77. The Hall–Kier alpha value is -7.10. The Labute approximate surface area is 341 Å². The molecule has 0 radical (unpaired) electrons. The van der Waals surface area contributed by atoms with E-state index in [1.165, 1.54) is 5.56 Å². The molecule has 0 spiro atoms. The average Bonchev–Trinajstić information content (AvgIpc) is 3.87. The Morgan fingerprint density at radius 2 is 1.02 bits per heavy atom. The standard InChI is InChI=1S/C54H38N2O/c1-54(2,3)37-18-22-38(23-19-37)55(41-24-25-45-44-12-6-9-15-52(44)57-53(45)32-41)39-20-16-33-28-46-47-29-34-17-21-40(27-36(34)31-49(47)48(46)30-35(33)26-39)56-50-13-7-4-10-42(50)43-11-5-8-14-51(43)56/h4-32H,1-3H3/i4D,5D,7D,8D,10D,11D,13D,14D. The zero-order valence-corrected chi connectivity index (χ0v) is 31.4. The summed E-state index contributed by atoms with van der Waals surface area (Å²) in [6.45, 7) is 6.66. The Kier molecular flexibility index (Phi) is 5.16. The molecule has 0 amide bonds.